The van der Waals surface area contributed by atoms with Crippen molar-refractivity contribution in [2.75, 3.05) is 5.32 Å². The van der Waals surface area contributed by atoms with Gasteiger partial charge in [-0.05, 0) is 33.6 Å². The summed E-state index contributed by atoms with van der Waals surface area (Å²) in [5, 5.41) is 3.34. The lowest BCUT2D eigenvalue weighted by molar-refractivity contribution is 0.0960. The van der Waals surface area contributed by atoms with Crippen LogP contribution in [0.5, 0.6) is 0 Å². The largest absolute Gasteiger partial charge is 0.436 e. The molecule has 138 valence electrons. The Bertz CT molecular complexity index is 840. The highest BCUT2D eigenvalue weighted by Crippen LogP contribution is 2.37. The van der Waals surface area contributed by atoms with E-state index < -0.39 is 0 Å². The molecule has 1 aromatic heterocycles. The van der Waals surface area contributed by atoms with Crippen molar-refractivity contribution < 1.29 is 14.0 Å². The van der Waals surface area contributed by atoms with Gasteiger partial charge in [-0.25, -0.2) is 0 Å². The standard InChI is InChI=1S/C22H27NO3/c1-5-6-7-8-13-16-17-18(24)14-11-9-10-12-15(14)19(25)20(17)26-21(16)23-22(2,3)4/h9-12,23H,5-8,13H2,1-4H3. The van der Waals surface area contributed by atoms with Gasteiger partial charge >= 0.3 is 0 Å². The van der Waals surface area contributed by atoms with E-state index in [9.17, 15) is 9.59 Å². The zero-order chi connectivity index (χ0) is 18.9. The number of furan rings is 1. The van der Waals surface area contributed by atoms with Crippen molar-refractivity contribution in [3.05, 3.63) is 52.3 Å². The molecular weight excluding hydrogens is 326 g/mol. The van der Waals surface area contributed by atoms with Gasteiger partial charge in [0.1, 0.15) is 0 Å². The SMILES string of the molecule is CCCCCCc1c(NC(C)(C)C)oc2c1C(=O)c1ccccc1C2=O. The highest BCUT2D eigenvalue weighted by Gasteiger charge is 2.37. The molecule has 1 aliphatic rings. The molecule has 3 rings (SSSR count). The maximum absolute atomic E-state index is 13.1. The van der Waals surface area contributed by atoms with E-state index >= 15 is 0 Å². The highest BCUT2D eigenvalue weighted by molar-refractivity contribution is 6.28. The first-order chi connectivity index (χ1) is 12.3. The van der Waals surface area contributed by atoms with Crippen LogP contribution < -0.4 is 5.32 Å². The Labute approximate surface area is 155 Å². The van der Waals surface area contributed by atoms with Crippen LogP contribution in [0, 0.1) is 0 Å². The molecule has 0 fully saturated rings. The molecule has 0 bridgehead atoms. The summed E-state index contributed by atoms with van der Waals surface area (Å²) < 4.78 is 5.93. The molecule has 0 saturated heterocycles. The summed E-state index contributed by atoms with van der Waals surface area (Å²) in [7, 11) is 0. The topological polar surface area (TPSA) is 59.3 Å². The molecule has 1 aromatic carbocycles. The molecule has 0 atom stereocenters. The molecule has 4 heteroatoms. The normalized spacial score (nSPS) is 13.5. The van der Waals surface area contributed by atoms with E-state index in [-0.39, 0.29) is 22.9 Å². The minimum Gasteiger partial charge on any atom is -0.436 e. The monoisotopic (exact) mass is 353 g/mol. The van der Waals surface area contributed by atoms with E-state index in [0.717, 1.165) is 37.7 Å². The summed E-state index contributed by atoms with van der Waals surface area (Å²) in [5.74, 6) is 0.442. The Morgan fingerprint density at radius 2 is 1.62 bits per heavy atom. The number of unbranched alkanes of at least 4 members (excludes halogenated alkanes) is 3. The van der Waals surface area contributed by atoms with Crippen LogP contribution in [0.15, 0.2) is 28.7 Å². The fourth-order valence-electron chi connectivity index (χ4n) is 3.41. The molecule has 4 nitrogen and oxygen atoms in total. The molecule has 0 aliphatic heterocycles. The van der Waals surface area contributed by atoms with Crippen LogP contribution in [0.1, 0.15) is 91.0 Å². The minimum absolute atomic E-state index is 0.105. The predicted octanol–water partition coefficient (Wildman–Crippen LogP) is 5.39. The highest BCUT2D eigenvalue weighted by atomic mass is 16.4. The summed E-state index contributed by atoms with van der Waals surface area (Å²) in [6.45, 7) is 8.28. The number of anilines is 1. The molecule has 0 unspecified atom stereocenters. The smallest absolute Gasteiger partial charge is 0.229 e. The predicted molar refractivity (Wildman–Crippen MR) is 103 cm³/mol. The number of fused-ring (bicyclic) bond motifs is 2. The van der Waals surface area contributed by atoms with E-state index in [1.165, 1.54) is 0 Å². The zero-order valence-corrected chi connectivity index (χ0v) is 16.1. The number of hydrogen-bond donors (Lipinski definition) is 1. The van der Waals surface area contributed by atoms with Crippen LogP contribution in [0.4, 0.5) is 5.88 Å². The second kappa shape index (κ2) is 7.10. The third-order valence-corrected chi connectivity index (χ3v) is 4.63. The number of benzene rings is 1. The van der Waals surface area contributed by atoms with Crippen LogP contribution in [0.3, 0.4) is 0 Å². The fourth-order valence-corrected chi connectivity index (χ4v) is 3.41. The summed E-state index contributed by atoms with van der Waals surface area (Å²) in [6.07, 6.45) is 5.13. The van der Waals surface area contributed by atoms with Crippen molar-refractivity contribution in [2.45, 2.75) is 65.3 Å². The van der Waals surface area contributed by atoms with Gasteiger partial charge in [0.2, 0.25) is 5.78 Å². The van der Waals surface area contributed by atoms with Gasteiger partial charge in [0.05, 0.1) is 5.56 Å². The molecule has 1 N–H and O–H groups in total. The number of carbonyl (C=O) groups is 2. The van der Waals surface area contributed by atoms with Gasteiger partial charge in [0.15, 0.2) is 17.4 Å². The first kappa shape index (κ1) is 18.4. The average Bonchev–Trinajstić information content (AvgIpc) is 2.93. The van der Waals surface area contributed by atoms with E-state index in [1.54, 1.807) is 24.3 Å². The maximum atomic E-state index is 13.1. The first-order valence-electron chi connectivity index (χ1n) is 9.45. The second-order valence-corrected chi connectivity index (χ2v) is 8.00. The average molecular weight is 353 g/mol. The molecule has 26 heavy (non-hydrogen) atoms. The van der Waals surface area contributed by atoms with Crippen LogP contribution in [0.2, 0.25) is 0 Å². The third kappa shape index (κ3) is 3.46. The van der Waals surface area contributed by atoms with E-state index in [2.05, 4.69) is 12.2 Å². The molecule has 1 heterocycles. The second-order valence-electron chi connectivity index (χ2n) is 8.00. The molecule has 0 spiro atoms. The third-order valence-electron chi connectivity index (χ3n) is 4.63. The molecule has 0 saturated carbocycles. The van der Waals surface area contributed by atoms with Gasteiger partial charge in [0, 0.05) is 22.2 Å². The molecule has 0 amide bonds. The van der Waals surface area contributed by atoms with Crippen molar-refractivity contribution in [3.63, 3.8) is 0 Å². The number of carbonyl (C=O) groups excluding carboxylic acids is 2. The zero-order valence-electron chi connectivity index (χ0n) is 16.1. The molecule has 0 radical (unpaired) electrons. The van der Waals surface area contributed by atoms with Crippen LogP contribution in [-0.2, 0) is 6.42 Å². The van der Waals surface area contributed by atoms with Crippen LogP contribution >= 0.6 is 0 Å². The summed E-state index contributed by atoms with van der Waals surface area (Å²) in [6, 6.07) is 6.99. The first-order valence-corrected chi connectivity index (χ1v) is 9.45. The van der Waals surface area contributed by atoms with Crippen molar-refractivity contribution in [2.24, 2.45) is 0 Å². The van der Waals surface area contributed by atoms with E-state index in [4.69, 9.17) is 4.42 Å². The Balaban J connectivity index is 2.05. The Kier molecular flexibility index (Phi) is 5.03. The Morgan fingerprint density at radius 3 is 2.23 bits per heavy atom. The lowest BCUT2D eigenvalue weighted by atomic mass is 9.85. The van der Waals surface area contributed by atoms with Crippen LogP contribution in [-0.4, -0.2) is 17.1 Å². The summed E-state index contributed by atoms with van der Waals surface area (Å²) >= 11 is 0. The number of hydrogen-bond acceptors (Lipinski definition) is 4. The van der Waals surface area contributed by atoms with Gasteiger partial charge in [-0.15, -0.1) is 0 Å². The molecule has 2 aromatic rings. The molecule has 1 aliphatic carbocycles. The molecular formula is C22H27NO3. The number of nitrogens with one attached hydrogen (secondary N) is 1. The lowest BCUT2D eigenvalue weighted by Crippen LogP contribution is -2.26. The van der Waals surface area contributed by atoms with E-state index in [0.29, 0.717) is 22.6 Å². The van der Waals surface area contributed by atoms with E-state index in [1.807, 2.05) is 20.8 Å². The number of rotatable bonds is 6. The van der Waals surface area contributed by atoms with Gasteiger partial charge in [-0.2, -0.15) is 0 Å². The quantitative estimate of drug-likeness (QED) is 0.604. The number of ketones is 2. The lowest BCUT2D eigenvalue weighted by Gasteiger charge is -2.21. The summed E-state index contributed by atoms with van der Waals surface area (Å²) in [5.41, 5.74) is 1.98. The van der Waals surface area contributed by atoms with Crippen molar-refractivity contribution in [3.8, 4) is 0 Å². The van der Waals surface area contributed by atoms with Crippen molar-refractivity contribution in [1.29, 1.82) is 0 Å². The van der Waals surface area contributed by atoms with Gasteiger partial charge in [-0.1, -0.05) is 50.5 Å². The Hall–Kier alpha value is -2.36. The minimum atomic E-state index is -0.225. The van der Waals surface area contributed by atoms with Crippen LogP contribution in [0.25, 0.3) is 0 Å². The van der Waals surface area contributed by atoms with Crippen molar-refractivity contribution >= 4 is 17.5 Å². The van der Waals surface area contributed by atoms with Gasteiger partial charge in [-0.3, -0.25) is 9.59 Å². The maximum Gasteiger partial charge on any atom is 0.229 e. The van der Waals surface area contributed by atoms with Gasteiger partial charge in [0.25, 0.3) is 0 Å². The fraction of sp³-hybridized carbons (Fsp3) is 0.455. The Morgan fingerprint density at radius 1 is 0.962 bits per heavy atom. The summed E-state index contributed by atoms with van der Waals surface area (Å²) in [4.78, 5) is 26.0. The van der Waals surface area contributed by atoms with Gasteiger partial charge < -0.3 is 9.73 Å². The van der Waals surface area contributed by atoms with Crippen molar-refractivity contribution in [1.82, 2.24) is 0 Å².